The number of rotatable bonds is 5. The second-order valence-corrected chi connectivity index (χ2v) is 4.83. The van der Waals surface area contributed by atoms with Crippen LogP contribution >= 0.6 is 0 Å². The van der Waals surface area contributed by atoms with Gasteiger partial charge in [-0.05, 0) is 56.1 Å². The molecule has 1 aromatic carbocycles. The number of benzene rings is 1. The molecule has 1 saturated heterocycles. The maximum atomic E-state index is 10.8. The number of nitrogens with one attached hydrogen (secondary N) is 2. The average molecular weight is 248 g/mol. The number of hydrogen-bond acceptors (Lipinski definition) is 3. The Labute approximate surface area is 107 Å². The molecule has 4 nitrogen and oxygen atoms in total. The van der Waals surface area contributed by atoms with Crippen LogP contribution in [0, 0.1) is 5.92 Å². The Balaban J connectivity index is 1.78. The fourth-order valence-corrected chi connectivity index (χ4v) is 2.32. The predicted molar refractivity (Wildman–Crippen MR) is 70.7 cm³/mol. The highest BCUT2D eigenvalue weighted by atomic mass is 16.4. The molecule has 0 aliphatic carbocycles. The standard InChI is InChI=1S/C14H20N2O2/c17-14(18)13-3-1-2-12(8-13)10-16-9-11-4-6-15-7-5-11/h1-3,8,11,15-16H,4-7,9-10H2,(H,17,18). The maximum absolute atomic E-state index is 10.8. The van der Waals surface area contributed by atoms with Crippen LogP contribution in [0.25, 0.3) is 0 Å². The number of carboxylic acids is 1. The fourth-order valence-electron chi connectivity index (χ4n) is 2.32. The largest absolute Gasteiger partial charge is 0.478 e. The molecule has 0 aromatic heterocycles. The van der Waals surface area contributed by atoms with Crippen molar-refractivity contribution >= 4 is 5.97 Å². The molecule has 0 spiro atoms. The first-order chi connectivity index (χ1) is 8.75. The molecule has 18 heavy (non-hydrogen) atoms. The molecule has 1 fully saturated rings. The summed E-state index contributed by atoms with van der Waals surface area (Å²) in [5.74, 6) is -0.121. The number of aromatic carboxylic acids is 1. The Morgan fingerprint density at radius 3 is 2.89 bits per heavy atom. The second kappa shape index (κ2) is 6.52. The summed E-state index contributed by atoms with van der Waals surface area (Å²) in [6.07, 6.45) is 2.45. The van der Waals surface area contributed by atoms with Gasteiger partial charge in [-0.25, -0.2) is 4.79 Å². The third-order valence-corrected chi connectivity index (χ3v) is 3.39. The fraction of sp³-hybridized carbons (Fsp3) is 0.500. The summed E-state index contributed by atoms with van der Waals surface area (Å²) in [5.41, 5.74) is 1.39. The van der Waals surface area contributed by atoms with Crippen molar-refractivity contribution in [3.8, 4) is 0 Å². The summed E-state index contributed by atoms with van der Waals surface area (Å²) in [5, 5.41) is 15.7. The van der Waals surface area contributed by atoms with Crippen molar-refractivity contribution in [1.29, 1.82) is 0 Å². The molecule has 1 aromatic rings. The molecule has 0 radical (unpaired) electrons. The maximum Gasteiger partial charge on any atom is 0.335 e. The van der Waals surface area contributed by atoms with Crippen LogP contribution in [0.3, 0.4) is 0 Å². The van der Waals surface area contributed by atoms with E-state index in [0.717, 1.165) is 37.7 Å². The minimum absolute atomic E-state index is 0.358. The van der Waals surface area contributed by atoms with Gasteiger partial charge in [0.15, 0.2) is 0 Å². The van der Waals surface area contributed by atoms with Gasteiger partial charge in [-0.2, -0.15) is 0 Å². The van der Waals surface area contributed by atoms with Gasteiger partial charge < -0.3 is 15.7 Å². The molecule has 1 aliphatic heterocycles. The number of hydrogen-bond donors (Lipinski definition) is 3. The zero-order valence-corrected chi connectivity index (χ0v) is 10.5. The van der Waals surface area contributed by atoms with E-state index in [1.165, 1.54) is 12.8 Å². The minimum atomic E-state index is -0.866. The highest BCUT2D eigenvalue weighted by Gasteiger charge is 2.12. The normalized spacial score (nSPS) is 16.7. The lowest BCUT2D eigenvalue weighted by Gasteiger charge is -2.22. The number of carboxylic acid groups (broad SMARTS) is 1. The lowest BCUT2D eigenvalue weighted by molar-refractivity contribution is 0.0696. The van der Waals surface area contributed by atoms with Crippen LogP contribution in [-0.2, 0) is 6.54 Å². The van der Waals surface area contributed by atoms with Crippen LogP contribution < -0.4 is 10.6 Å². The second-order valence-electron chi connectivity index (χ2n) is 4.83. The number of piperidine rings is 1. The van der Waals surface area contributed by atoms with Crippen molar-refractivity contribution in [3.05, 3.63) is 35.4 Å². The Hall–Kier alpha value is -1.39. The van der Waals surface area contributed by atoms with Crippen LogP contribution in [0.15, 0.2) is 24.3 Å². The zero-order chi connectivity index (χ0) is 12.8. The lowest BCUT2D eigenvalue weighted by Crippen LogP contribution is -2.33. The molecule has 0 amide bonds. The van der Waals surface area contributed by atoms with Gasteiger partial charge in [0, 0.05) is 6.54 Å². The smallest absolute Gasteiger partial charge is 0.335 e. The van der Waals surface area contributed by atoms with E-state index in [0.29, 0.717) is 5.56 Å². The first kappa shape index (κ1) is 13.1. The van der Waals surface area contributed by atoms with E-state index in [1.54, 1.807) is 18.2 Å². The zero-order valence-electron chi connectivity index (χ0n) is 10.5. The third-order valence-electron chi connectivity index (χ3n) is 3.39. The predicted octanol–water partition coefficient (Wildman–Crippen LogP) is 1.47. The molecule has 3 N–H and O–H groups in total. The molecule has 1 heterocycles. The summed E-state index contributed by atoms with van der Waals surface area (Å²) in [6.45, 7) is 3.98. The first-order valence-corrected chi connectivity index (χ1v) is 6.49. The van der Waals surface area contributed by atoms with E-state index in [4.69, 9.17) is 5.11 Å². The van der Waals surface area contributed by atoms with Gasteiger partial charge in [0.25, 0.3) is 0 Å². The van der Waals surface area contributed by atoms with E-state index in [9.17, 15) is 4.79 Å². The van der Waals surface area contributed by atoms with E-state index < -0.39 is 5.97 Å². The molecule has 0 unspecified atom stereocenters. The van der Waals surface area contributed by atoms with Crippen LogP contribution in [-0.4, -0.2) is 30.7 Å². The van der Waals surface area contributed by atoms with Crippen molar-refractivity contribution in [2.75, 3.05) is 19.6 Å². The Morgan fingerprint density at radius 1 is 1.39 bits per heavy atom. The van der Waals surface area contributed by atoms with Crippen LogP contribution in [0.2, 0.25) is 0 Å². The van der Waals surface area contributed by atoms with Gasteiger partial charge in [0.1, 0.15) is 0 Å². The summed E-state index contributed by atoms with van der Waals surface area (Å²) in [4.78, 5) is 10.8. The van der Waals surface area contributed by atoms with Crippen molar-refractivity contribution in [2.45, 2.75) is 19.4 Å². The average Bonchev–Trinajstić information content (AvgIpc) is 2.40. The lowest BCUT2D eigenvalue weighted by atomic mass is 9.98. The molecule has 98 valence electrons. The molecular formula is C14H20N2O2. The van der Waals surface area contributed by atoms with E-state index in [2.05, 4.69) is 10.6 Å². The van der Waals surface area contributed by atoms with Crippen LogP contribution in [0.4, 0.5) is 0 Å². The Morgan fingerprint density at radius 2 is 2.17 bits per heavy atom. The van der Waals surface area contributed by atoms with Crippen molar-refractivity contribution in [2.24, 2.45) is 5.92 Å². The van der Waals surface area contributed by atoms with Crippen molar-refractivity contribution < 1.29 is 9.90 Å². The van der Waals surface area contributed by atoms with Gasteiger partial charge >= 0.3 is 5.97 Å². The molecule has 0 atom stereocenters. The van der Waals surface area contributed by atoms with E-state index >= 15 is 0 Å². The molecule has 1 aliphatic rings. The Kier molecular flexibility index (Phi) is 4.73. The van der Waals surface area contributed by atoms with Crippen molar-refractivity contribution in [1.82, 2.24) is 10.6 Å². The van der Waals surface area contributed by atoms with Crippen LogP contribution in [0.5, 0.6) is 0 Å². The summed E-state index contributed by atoms with van der Waals surface area (Å²) >= 11 is 0. The number of carbonyl (C=O) groups is 1. The minimum Gasteiger partial charge on any atom is -0.478 e. The van der Waals surface area contributed by atoms with Gasteiger partial charge in [-0.3, -0.25) is 0 Å². The topological polar surface area (TPSA) is 61.4 Å². The molecular weight excluding hydrogens is 228 g/mol. The van der Waals surface area contributed by atoms with Crippen molar-refractivity contribution in [3.63, 3.8) is 0 Å². The highest BCUT2D eigenvalue weighted by molar-refractivity contribution is 5.87. The van der Waals surface area contributed by atoms with E-state index in [-0.39, 0.29) is 0 Å². The van der Waals surface area contributed by atoms with Crippen LogP contribution in [0.1, 0.15) is 28.8 Å². The van der Waals surface area contributed by atoms with E-state index in [1.807, 2.05) is 6.07 Å². The highest BCUT2D eigenvalue weighted by Crippen LogP contribution is 2.10. The molecule has 0 bridgehead atoms. The monoisotopic (exact) mass is 248 g/mol. The van der Waals surface area contributed by atoms with Gasteiger partial charge in [-0.15, -0.1) is 0 Å². The van der Waals surface area contributed by atoms with Gasteiger partial charge in [0.05, 0.1) is 5.56 Å². The molecule has 0 saturated carbocycles. The quantitative estimate of drug-likeness (QED) is 0.738. The summed E-state index contributed by atoms with van der Waals surface area (Å²) < 4.78 is 0. The van der Waals surface area contributed by atoms with Gasteiger partial charge in [-0.1, -0.05) is 12.1 Å². The SMILES string of the molecule is O=C(O)c1cccc(CNCC2CCNCC2)c1. The molecule has 2 rings (SSSR count). The Bertz CT molecular complexity index is 401. The summed E-state index contributed by atoms with van der Waals surface area (Å²) in [6, 6.07) is 7.11. The summed E-state index contributed by atoms with van der Waals surface area (Å²) in [7, 11) is 0. The van der Waals surface area contributed by atoms with Gasteiger partial charge in [0.2, 0.25) is 0 Å². The third kappa shape index (κ3) is 3.82. The first-order valence-electron chi connectivity index (χ1n) is 6.49. The molecule has 4 heteroatoms.